The quantitative estimate of drug-likeness (QED) is 0.518. The fourth-order valence-corrected chi connectivity index (χ4v) is 2.06. The van der Waals surface area contributed by atoms with Crippen LogP contribution in [0.25, 0.3) is 21.9 Å². The number of rotatable bonds is 2. The Morgan fingerprint density at radius 2 is 1.74 bits per heavy atom. The second-order valence-electron chi connectivity index (χ2n) is 3.95. The van der Waals surface area contributed by atoms with Gasteiger partial charge in [-0.2, -0.15) is 0 Å². The minimum Gasteiger partial charge on any atom is -0.456 e. The lowest BCUT2D eigenvalue weighted by Gasteiger charge is -1.93. The number of fused-ring (bicyclic) bond motifs is 3. The normalized spacial score (nSPS) is 10.9. The molecule has 0 unspecified atom stereocenters. The molecule has 7 nitrogen and oxygen atoms in total. The van der Waals surface area contributed by atoms with E-state index in [1.54, 1.807) is 6.07 Å². The van der Waals surface area contributed by atoms with Crippen LogP contribution in [-0.4, -0.2) is 9.85 Å². The summed E-state index contributed by atoms with van der Waals surface area (Å²) in [5.41, 5.74) is 0.463. The zero-order valence-corrected chi connectivity index (χ0v) is 9.40. The van der Waals surface area contributed by atoms with Gasteiger partial charge in [0.05, 0.1) is 9.85 Å². The van der Waals surface area contributed by atoms with Crippen LogP contribution in [0.4, 0.5) is 11.4 Å². The summed E-state index contributed by atoms with van der Waals surface area (Å²) in [4.78, 5) is 20.7. The number of nitro benzene ring substituents is 2. The van der Waals surface area contributed by atoms with E-state index in [1.165, 1.54) is 30.3 Å². The molecule has 3 rings (SSSR count). The molecule has 0 saturated heterocycles. The van der Waals surface area contributed by atoms with Gasteiger partial charge in [-0.15, -0.1) is 0 Å². The number of nitro groups is 2. The second-order valence-corrected chi connectivity index (χ2v) is 3.95. The fourth-order valence-electron chi connectivity index (χ4n) is 2.06. The molecule has 1 heterocycles. The Bertz CT molecular complexity index is 837. The average Bonchev–Trinajstić information content (AvgIpc) is 2.75. The summed E-state index contributed by atoms with van der Waals surface area (Å²) < 4.78 is 5.45. The number of benzene rings is 2. The lowest BCUT2D eigenvalue weighted by Crippen LogP contribution is -1.89. The van der Waals surface area contributed by atoms with Gasteiger partial charge in [0.2, 0.25) is 0 Å². The van der Waals surface area contributed by atoms with E-state index < -0.39 is 9.85 Å². The fraction of sp³-hybridized carbons (Fsp3) is 0. The molecule has 3 aromatic rings. The van der Waals surface area contributed by atoms with Crippen LogP contribution in [0.1, 0.15) is 0 Å². The molecule has 0 aliphatic rings. The van der Waals surface area contributed by atoms with Gasteiger partial charge < -0.3 is 4.42 Å². The van der Waals surface area contributed by atoms with Crippen molar-refractivity contribution in [2.75, 3.05) is 0 Å². The van der Waals surface area contributed by atoms with Crippen LogP contribution in [0.15, 0.2) is 40.8 Å². The zero-order chi connectivity index (χ0) is 13.6. The van der Waals surface area contributed by atoms with Gasteiger partial charge in [0.25, 0.3) is 11.4 Å². The third-order valence-electron chi connectivity index (χ3n) is 2.86. The summed E-state index contributed by atoms with van der Waals surface area (Å²) in [6, 6.07) is 8.48. The molecule has 0 atom stereocenters. The molecule has 1 aromatic heterocycles. The molecule has 7 heteroatoms. The van der Waals surface area contributed by atoms with Gasteiger partial charge in [0.1, 0.15) is 16.6 Å². The molecule has 0 radical (unpaired) electrons. The standard InChI is InChI=1S/C12H6N2O5/c15-13(16)7-4-5-10-8(6-7)12-9(14(17)18)2-1-3-11(12)19-10/h1-6H. The van der Waals surface area contributed by atoms with Crippen molar-refractivity contribution in [1.82, 2.24) is 0 Å². The Morgan fingerprint density at radius 3 is 2.42 bits per heavy atom. The van der Waals surface area contributed by atoms with Crippen LogP contribution in [0.3, 0.4) is 0 Å². The Kier molecular flexibility index (Phi) is 2.21. The molecular formula is C12H6N2O5. The first-order chi connectivity index (χ1) is 9.08. The topological polar surface area (TPSA) is 99.4 Å². The van der Waals surface area contributed by atoms with Gasteiger partial charge in [-0.1, -0.05) is 6.07 Å². The molecule has 0 saturated carbocycles. The summed E-state index contributed by atoms with van der Waals surface area (Å²) in [5.74, 6) is 0. The Hall–Kier alpha value is -2.96. The smallest absolute Gasteiger partial charge is 0.281 e. The summed E-state index contributed by atoms with van der Waals surface area (Å²) in [7, 11) is 0. The van der Waals surface area contributed by atoms with E-state index in [9.17, 15) is 20.2 Å². The van der Waals surface area contributed by atoms with Gasteiger partial charge in [-0.3, -0.25) is 20.2 Å². The van der Waals surface area contributed by atoms with E-state index >= 15 is 0 Å². The molecule has 0 N–H and O–H groups in total. The molecule has 0 aliphatic carbocycles. The van der Waals surface area contributed by atoms with Crippen molar-refractivity contribution < 1.29 is 14.3 Å². The molecule has 94 valence electrons. The highest BCUT2D eigenvalue weighted by atomic mass is 16.6. The van der Waals surface area contributed by atoms with E-state index in [-0.39, 0.29) is 16.8 Å². The molecular weight excluding hydrogens is 252 g/mol. The van der Waals surface area contributed by atoms with E-state index in [0.717, 1.165) is 0 Å². The van der Waals surface area contributed by atoms with Gasteiger partial charge in [0.15, 0.2) is 0 Å². The largest absolute Gasteiger partial charge is 0.456 e. The maximum atomic E-state index is 11.0. The second kappa shape index (κ2) is 3.77. The Balaban J connectivity index is 2.48. The average molecular weight is 258 g/mol. The minimum atomic E-state index is -0.549. The maximum Gasteiger partial charge on any atom is 0.281 e. The minimum absolute atomic E-state index is 0.128. The SMILES string of the molecule is O=[N+]([O-])c1ccc2oc3cccc([N+](=O)[O-])c3c2c1. The molecule has 0 bridgehead atoms. The lowest BCUT2D eigenvalue weighted by molar-refractivity contribution is -0.384. The van der Waals surface area contributed by atoms with Crippen molar-refractivity contribution in [2.24, 2.45) is 0 Å². The highest BCUT2D eigenvalue weighted by Gasteiger charge is 2.20. The zero-order valence-electron chi connectivity index (χ0n) is 9.40. The van der Waals surface area contributed by atoms with Crippen LogP contribution in [0, 0.1) is 20.2 Å². The van der Waals surface area contributed by atoms with Crippen LogP contribution < -0.4 is 0 Å². The maximum absolute atomic E-state index is 11.0. The van der Waals surface area contributed by atoms with Gasteiger partial charge in [-0.25, -0.2) is 0 Å². The molecule has 0 fully saturated rings. The monoisotopic (exact) mass is 258 g/mol. The number of hydrogen-bond acceptors (Lipinski definition) is 5. The van der Waals surface area contributed by atoms with Crippen LogP contribution in [-0.2, 0) is 0 Å². The number of furan rings is 1. The number of hydrogen-bond donors (Lipinski definition) is 0. The van der Waals surface area contributed by atoms with Crippen molar-refractivity contribution in [3.8, 4) is 0 Å². The van der Waals surface area contributed by atoms with E-state index in [4.69, 9.17) is 4.42 Å². The van der Waals surface area contributed by atoms with Crippen LogP contribution in [0.5, 0.6) is 0 Å². The lowest BCUT2D eigenvalue weighted by atomic mass is 10.1. The Labute approximate surface area is 105 Å². The molecule has 0 amide bonds. The molecule has 0 spiro atoms. The third-order valence-corrected chi connectivity index (χ3v) is 2.86. The van der Waals surface area contributed by atoms with E-state index in [0.29, 0.717) is 16.6 Å². The van der Waals surface area contributed by atoms with Crippen LogP contribution in [0.2, 0.25) is 0 Å². The summed E-state index contributed by atoms with van der Waals surface area (Å²) >= 11 is 0. The number of nitrogens with zero attached hydrogens (tertiary/aromatic N) is 2. The molecule has 2 aromatic carbocycles. The summed E-state index contributed by atoms with van der Waals surface area (Å²) in [6.07, 6.45) is 0. The predicted molar refractivity (Wildman–Crippen MR) is 67.0 cm³/mol. The summed E-state index contributed by atoms with van der Waals surface area (Å²) in [6.45, 7) is 0. The van der Waals surface area contributed by atoms with Gasteiger partial charge >= 0.3 is 0 Å². The first kappa shape index (κ1) is 11.1. The highest BCUT2D eigenvalue weighted by molar-refractivity contribution is 6.10. The van der Waals surface area contributed by atoms with Crippen molar-refractivity contribution in [2.45, 2.75) is 0 Å². The van der Waals surface area contributed by atoms with Gasteiger partial charge in [-0.05, 0) is 12.1 Å². The first-order valence-corrected chi connectivity index (χ1v) is 5.32. The predicted octanol–water partition coefficient (Wildman–Crippen LogP) is 3.40. The van der Waals surface area contributed by atoms with Gasteiger partial charge in [0, 0.05) is 23.6 Å². The van der Waals surface area contributed by atoms with Crippen molar-refractivity contribution in [3.05, 3.63) is 56.6 Å². The Morgan fingerprint density at radius 1 is 0.947 bits per heavy atom. The molecule has 19 heavy (non-hydrogen) atoms. The molecule has 0 aliphatic heterocycles. The first-order valence-electron chi connectivity index (χ1n) is 5.32. The van der Waals surface area contributed by atoms with Crippen molar-refractivity contribution in [1.29, 1.82) is 0 Å². The summed E-state index contributed by atoms with van der Waals surface area (Å²) in [5, 5.41) is 22.4. The highest BCUT2D eigenvalue weighted by Crippen LogP contribution is 2.36. The van der Waals surface area contributed by atoms with E-state index in [2.05, 4.69) is 0 Å². The van der Waals surface area contributed by atoms with Crippen molar-refractivity contribution in [3.63, 3.8) is 0 Å². The van der Waals surface area contributed by atoms with Crippen LogP contribution >= 0.6 is 0 Å². The van der Waals surface area contributed by atoms with E-state index in [1.807, 2.05) is 0 Å². The number of non-ortho nitro benzene ring substituents is 2. The van der Waals surface area contributed by atoms with Crippen molar-refractivity contribution >= 4 is 33.3 Å². The third kappa shape index (κ3) is 1.60.